The number of nitrogens with one attached hydrogen (secondary N) is 1. The van der Waals surface area contributed by atoms with Crippen LogP contribution in [0.3, 0.4) is 0 Å². The second kappa shape index (κ2) is 7.01. The van der Waals surface area contributed by atoms with Gasteiger partial charge in [-0.2, -0.15) is 13.2 Å². The molecule has 0 radical (unpaired) electrons. The van der Waals surface area contributed by atoms with Crippen LogP contribution in [0.2, 0.25) is 0 Å². The number of halogens is 3. The molecule has 2 N–H and O–H groups in total. The van der Waals surface area contributed by atoms with Crippen molar-refractivity contribution < 1.29 is 37.3 Å². The minimum atomic E-state index is -4.73. The number of ether oxygens (including phenoxy) is 2. The molecular weight excluding hydrogens is 307 g/mol. The van der Waals surface area contributed by atoms with E-state index in [2.05, 4.69) is 0 Å². The summed E-state index contributed by atoms with van der Waals surface area (Å²) < 4.78 is 46.8. The summed E-state index contributed by atoms with van der Waals surface area (Å²) in [5.74, 6) is -2.44. The molecule has 6 nitrogen and oxygen atoms in total. The maximum absolute atomic E-state index is 12.3. The maximum atomic E-state index is 12.3. The van der Waals surface area contributed by atoms with Crippen LogP contribution in [0.4, 0.5) is 13.2 Å². The molecule has 1 unspecified atom stereocenters. The fourth-order valence-corrected chi connectivity index (χ4v) is 1.66. The SMILES string of the molecule is COc1ccc(OC)c(C(=O)NC(CC(F)(F)F)C(=O)O)c1. The number of aliphatic carboxylic acids is 1. The summed E-state index contributed by atoms with van der Waals surface area (Å²) in [5, 5.41) is 10.6. The van der Waals surface area contributed by atoms with Crippen LogP contribution in [0.15, 0.2) is 18.2 Å². The quantitative estimate of drug-likeness (QED) is 0.835. The molecule has 0 aromatic heterocycles. The number of carboxylic acid groups (broad SMARTS) is 1. The molecule has 0 saturated heterocycles. The van der Waals surface area contributed by atoms with Gasteiger partial charge in [-0.25, -0.2) is 4.79 Å². The van der Waals surface area contributed by atoms with Gasteiger partial charge in [0.15, 0.2) is 0 Å². The predicted molar refractivity (Wildman–Crippen MR) is 69.1 cm³/mol. The highest BCUT2D eigenvalue weighted by Gasteiger charge is 2.36. The Labute approximate surface area is 123 Å². The molecule has 9 heteroatoms. The molecular formula is C13H14F3NO5. The van der Waals surface area contributed by atoms with Crippen molar-refractivity contribution in [3.8, 4) is 11.5 Å². The Morgan fingerprint density at radius 2 is 1.91 bits per heavy atom. The number of benzene rings is 1. The van der Waals surface area contributed by atoms with Crippen LogP contribution in [0.5, 0.6) is 11.5 Å². The third kappa shape index (κ3) is 4.83. The lowest BCUT2D eigenvalue weighted by molar-refractivity contribution is -0.157. The third-order valence-electron chi connectivity index (χ3n) is 2.69. The molecule has 1 aromatic rings. The van der Waals surface area contributed by atoms with Crippen molar-refractivity contribution in [1.29, 1.82) is 0 Å². The lowest BCUT2D eigenvalue weighted by Crippen LogP contribution is -2.43. The Morgan fingerprint density at radius 1 is 1.27 bits per heavy atom. The first-order chi connectivity index (χ1) is 10.2. The van der Waals surface area contributed by atoms with Gasteiger partial charge in [-0.1, -0.05) is 0 Å². The van der Waals surface area contributed by atoms with Gasteiger partial charge in [0.1, 0.15) is 17.5 Å². The number of hydrogen-bond donors (Lipinski definition) is 2. The topological polar surface area (TPSA) is 84.9 Å². The molecule has 1 aromatic carbocycles. The first-order valence-corrected chi connectivity index (χ1v) is 6.00. The number of methoxy groups -OCH3 is 2. The largest absolute Gasteiger partial charge is 0.497 e. The number of carbonyl (C=O) groups is 2. The zero-order valence-electron chi connectivity index (χ0n) is 11.7. The van der Waals surface area contributed by atoms with Crippen LogP contribution in [0.25, 0.3) is 0 Å². The zero-order valence-corrected chi connectivity index (χ0v) is 11.7. The molecule has 0 spiro atoms. The van der Waals surface area contributed by atoms with Crippen molar-refractivity contribution in [2.24, 2.45) is 0 Å². The van der Waals surface area contributed by atoms with Gasteiger partial charge >= 0.3 is 12.1 Å². The Balaban J connectivity index is 3.01. The number of amides is 1. The summed E-state index contributed by atoms with van der Waals surface area (Å²) in [4.78, 5) is 22.9. The average molecular weight is 321 g/mol. The monoisotopic (exact) mass is 321 g/mol. The summed E-state index contributed by atoms with van der Waals surface area (Å²) in [7, 11) is 2.61. The summed E-state index contributed by atoms with van der Waals surface area (Å²) in [6.45, 7) is 0. The van der Waals surface area contributed by atoms with Crippen molar-refractivity contribution >= 4 is 11.9 Å². The fraction of sp³-hybridized carbons (Fsp3) is 0.385. The van der Waals surface area contributed by atoms with E-state index in [9.17, 15) is 22.8 Å². The van der Waals surface area contributed by atoms with E-state index in [-0.39, 0.29) is 17.1 Å². The number of alkyl halides is 3. The Hall–Kier alpha value is -2.45. The van der Waals surface area contributed by atoms with Crippen molar-refractivity contribution in [1.82, 2.24) is 5.32 Å². The van der Waals surface area contributed by atoms with Gasteiger partial charge in [0.25, 0.3) is 5.91 Å². The first kappa shape index (κ1) is 17.6. The molecule has 0 aliphatic carbocycles. The average Bonchev–Trinajstić information content (AvgIpc) is 2.44. The minimum absolute atomic E-state index is 0.0782. The van der Waals surface area contributed by atoms with Crippen LogP contribution >= 0.6 is 0 Å². The molecule has 0 aliphatic heterocycles. The van der Waals surface area contributed by atoms with E-state index in [4.69, 9.17) is 14.6 Å². The van der Waals surface area contributed by atoms with Gasteiger partial charge < -0.3 is 19.9 Å². The second-order valence-electron chi connectivity index (χ2n) is 4.25. The number of rotatable bonds is 6. The molecule has 0 fully saturated rings. The lowest BCUT2D eigenvalue weighted by Gasteiger charge is -2.17. The van der Waals surface area contributed by atoms with Gasteiger partial charge in [0.2, 0.25) is 0 Å². The Bertz CT molecular complexity index is 559. The van der Waals surface area contributed by atoms with Crippen molar-refractivity contribution in [3.05, 3.63) is 23.8 Å². The van der Waals surface area contributed by atoms with E-state index in [0.717, 1.165) is 0 Å². The molecule has 0 heterocycles. The molecule has 1 atom stereocenters. The fourth-order valence-electron chi connectivity index (χ4n) is 1.66. The van der Waals surface area contributed by atoms with Crippen molar-refractivity contribution in [3.63, 3.8) is 0 Å². The highest BCUT2D eigenvalue weighted by atomic mass is 19.4. The maximum Gasteiger partial charge on any atom is 0.391 e. The molecule has 0 aliphatic rings. The second-order valence-corrected chi connectivity index (χ2v) is 4.25. The lowest BCUT2D eigenvalue weighted by atomic mass is 10.1. The summed E-state index contributed by atoms with van der Waals surface area (Å²) in [6.07, 6.45) is -6.41. The Morgan fingerprint density at radius 3 is 2.36 bits per heavy atom. The molecule has 1 rings (SSSR count). The van der Waals surface area contributed by atoms with Crippen molar-refractivity contribution in [2.45, 2.75) is 18.6 Å². The van der Waals surface area contributed by atoms with Crippen molar-refractivity contribution in [2.75, 3.05) is 14.2 Å². The van der Waals surface area contributed by atoms with E-state index in [1.54, 1.807) is 0 Å². The van der Waals surface area contributed by atoms with E-state index >= 15 is 0 Å². The van der Waals surface area contributed by atoms with Crippen LogP contribution in [-0.4, -0.2) is 43.4 Å². The van der Waals surface area contributed by atoms with E-state index in [0.29, 0.717) is 0 Å². The molecule has 22 heavy (non-hydrogen) atoms. The van der Waals surface area contributed by atoms with Gasteiger partial charge in [-0.3, -0.25) is 4.79 Å². The first-order valence-electron chi connectivity index (χ1n) is 6.00. The number of hydrogen-bond acceptors (Lipinski definition) is 4. The highest BCUT2D eigenvalue weighted by molar-refractivity contribution is 5.99. The van der Waals surface area contributed by atoms with Gasteiger partial charge in [0, 0.05) is 0 Å². The normalized spacial score (nSPS) is 12.4. The van der Waals surface area contributed by atoms with Crippen LogP contribution < -0.4 is 14.8 Å². The minimum Gasteiger partial charge on any atom is -0.497 e. The molecule has 122 valence electrons. The van der Waals surface area contributed by atoms with E-state index in [1.807, 2.05) is 5.32 Å². The third-order valence-corrected chi connectivity index (χ3v) is 2.69. The number of carboxylic acids is 1. The summed E-state index contributed by atoms with van der Waals surface area (Å²) in [5.41, 5.74) is -0.129. The smallest absolute Gasteiger partial charge is 0.391 e. The summed E-state index contributed by atoms with van der Waals surface area (Å²) >= 11 is 0. The number of carbonyl (C=O) groups excluding carboxylic acids is 1. The van der Waals surface area contributed by atoms with Crippen LogP contribution in [0.1, 0.15) is 16.8 Å². The van der Waals surface area contributed by atoms with Gasteiger partial charge in [-0.05, 0) is 18.2 Å². The van der Waals surface area contributed by atoms with Crippen LogP contribution in [-0.2, 0) is 4.79 Å². The predicted octanol–water partition coefficient (Wildman–Crippen LogP) is 1.84. The molecule has 0 bridgehead atoms. The zero-order chi connectivity index (χ0) is 16.9. The van der Waals surface area contributed by atoms with E-state index in [1.165, 1.54) is 32.4 Å². The molecule has 0 saturated carbocycles. The Kier molecular flexibility index (Phi) is 5.61. The van der Waals surface area contributed by atoms with Gasteiger partial charge in [-0.15, -0.1) is 0 Å². The molecule has 1 amide bonds. The standard InChI is InChI=1S/C13H14F3NO5/c1-21-7-3-4-10(22-2)8(5-7)11(18)17-9(12(19)20)6-13(14,15)16/h3-5,9H,6H2,1-2H3,(H,17,18)(H,19,20). The highest BCUT2D eigenvalue weighted by Crippen LogP contribution is 2.25. The van der Waals surface area contributed by atoms with E-state index < -0.39 is 30.5 Å². The van der Waals surface area contributed by atoms with Gasteiger partial charge in [0.05, 0.1) is 26.2 Å². The van der Waals surface area contributed by atoms with Crippen LogP contribution in [0, 0.1) is 0 Å². The summed E-state index contributed by atoms with van der Waals surface area (Å²) in [6, 6.07) is 2.01.